The first-order valence-corrected chi connectivity index (χ1v) is 6.72. The minimum absolute atomic E-state index is 0.0315. The molecule has 1 saturated heterocycles. The summed E-state index contributed by atoms with van der Waals surface area (Å²) in [5.41, 5.74) is 1.24. The second kappa shape index (κ2) is 6.44. The summed E-state index contributed by atoms with van der Waals surface area (Å²) in [5.74, 6) is 6.60. The maximum atomic E-state index is 12.4. The molecule has 1 aromatic rings. The van der Waals surface area contributed by atoms with Crippen molar-refractivity contribution in [2.45, 2.75) is 13.3 Å². The largest absolute Gasteiger partial charge is 0.495 e. The van der Waals surface area contributed by atoms with Gasteiger partial charge in [0.1, 0.15) is 12.4 Å². The fourth-order valence-electron chi connectivity index (χ4n) is 2.38. The minimum Gasteiger partial charge on any atom is -0.495 e. The summed E-state index contributed by atoms with van der Waals surface area (Å²) < 4.78 is 5.21. The number of carbonyl (C=O) groups excluding carboxylic acids is 1. The highest BCUT2D eigenvalue weighted by molar-refractivity contribution is 5.95. The van der Waals surface area contributed by atoms with Crippen molar-refractivity contribution in [3.8, 4) is 17.6 Å². The van der Waals surface area contributed by atoms with Gasteiger partial charge in [-0.25, -0.2) is 0 Å². The number of hydrogen-bond acceptors (Lipinski definition) is 3. The van der Waals surface area contributed by atoms with Crippen LogP contribution in [0.2, 0.25) is 0 Å². The Labute approximate surface area is 119 Å². The number of methoxy groups -OCH3 is 1. The molecule has 1 heterocycles. The van der Waals surface area contributed by atoms with Gasteiger partial charge >= 0.3 is 0 Å². The van der Waals surface area contributed by atoms with Gasteiger partial charge in [0, 0.05) is 18.7 Å². The predicted octanol–water partition coefficient (Wildman–Crippen LogP) is 1.52. The number of nitrogens with zero attached hydrogens (tertiary/aromatic N) is 1. The van der Waals surface area contributed by atoms with E-state index in [0.717, 1.165) is 19.5 Å². The van der Waals surface area contributed by atoms with Gasteiger partial charge in [-0.1, -0.05) is 18.8 Å². The van der Waals surface area contributed by atoms with E-state index in [1.165, 1.54) is 0 Å². The number of benzene rings is 1. The maximum absolute atomic E-state index is 12.4. The molecule has 1 aliphatic heterocycles. The van der Waals surface area contributed by atoms with Crippen LogP contribution in [0, 0.1) is 17.8 Å². The molecule has 1 aliphatic rings. The normalized spacial score (nSPS) is 17.6. The first-order valence-electron chi connectivity index (χ1n) is 6.72. The number of rotatable bonds is 2. The highest BCUT2D eigenvalue weighted by Gasteiger charge is 2.24. The minimum atomic E-state index is -0.217. The van der Waals surface area contributed by atoms with E-state index in [4.69, 9.17) is 9.84 Å². The molecule has 1 N–H and O–H groups in total. The number of ether oxygens (including phenoxy) is 1. The van der Waals surface area contributed by atoms with Crippen molar-refractivity contribution in [3.63, 3.8) is 0 Å². The number of carbonyl (C=O) groups is 1. The number of aliphatic hydroxyl groups excluding tert-OH is 1. The van der Waals surface area contributed by atoms with E-state index in [-0.39, 0.29) is 12.5 Å². The second-order valence-electron chi connectivity index (χ2n) is 5.02. The van der Waals surface area contributed by atoms with Crippen LogP contribution in [0.1, 0.15) is 29.3 Å². The molecule has 0 radical (unpaired) electrons. The van der Waals surface area contributed by atoms with E-state index >= 15 is 0 Å². The van der Waals surface area contributed by atoms with Crippen molar-refractivity contribution in [1.82, 2.24) is 4.90 Å². The van der Waals surface area contributed by atoms with Crippen molar-refractivity contribution in [1.29, 1.82) is 0 Å². The smallest absolute Gasteiger partial charge is 0.253 e. The summed E-state index contributed by atoms with van der Waals surface area (Å²) in [4.78, 5) is 14.3. The molecule has 0 bridgehead atoms. The maximum Gasteiger partial charge on any atom is 0.253 e. The average molecular weight is 273 g/mol. The van der Waals surface area contributed by atoms with Gasteiger partial charge in [0.05, 0.1) is 12.7 Å². The fraction of sp³-hybridized carbons (Fsp3) is 0.438. The Morgan fingerprint density at radius 3 is 2.95 bits per heavy atom. The standard InChI is InChI=1S/C16H19NO3/c1-12-7-8-17(11-12)16(19)14-5-6-15(20-2)13(10-14)4-3-9-18/h5-6,10,12,18H,7-9,11H2,1-2H3. The van der Waals surface area contributed by atoms with Gasteiger partial charge in [0.15, 0.2) is 0 Å². The van der Waals surface area contributed by atoms with Gasteiger partial charge in [-0.05, 0) is 30.5 Å². The van der Waals surface area contributed by atoms with Gasteiger partial charge in [0.2, 0.25) is 0 Å². The molecule has 4 nitrogen and oxygen atoms in total. The van der Waals surface area contributed by atoms with E-state index in [2.05, 4.69) is 18.8 Å². The highest BCUT2D eigenvalue weighted by Crippen LogP contribution is 2.22. The third kappa shape index (κ3) is 3.12. The average Bonchev–Trinajstić information content (AvgIpc) is 2.90. The summed E-state index contributed by atoms with van der Waals surface area (Å²) in [7, 11) is 1.56. The van der Waals surface area contributed by atoms with Gasteiger partial charge in [-0.15, -0.1) is 0 Å². The zero-order valence-electron chi connectivity index (χ0n) is 11.8. The fourth-order valence-corrected chi connectivity index (χ4v) is 2.38. The van der Waals surface area contributed by atoms with Crippen LogP contribution in [0.15, 0.2) is 18.2 Å². The molecule has 20 heavy (non-hydrogen) atoms. The number of aliphatic hydroxyl groups is 1. The third-order valence-corrected chi connectivity index (χ3v) is 3.46. The lowest BCUT2D eigenvalue weighted by molar-refractivity contribution is 0.0788. The van der Waals surface area contributed by atoms with E-state index < -0.39 is 0 Å². The lowest BCUT2D eigenvalue weighted by Gasteiger charge is -2.16. The lowest BCUT2D eigenvalue weighted by atomic mass is 10.1. The predicted molar refractivity (Wildman–Crippen MR) is 76.6 cm³/mol. The molecule has 1 atom stereocenters. The first kappa shape index (κ1) is 14.4. The van der Waals surface area contributed by atoms with Crippen LogP contribution in [0.5, 0.6) is 5.75 Å². The van der Waals surface area contributed by atoms with E-state index in [1.807, 2.05) is 4.90 Å². The highest BCUT2D eigenvalue weighted by atomic mass is 16.5. The van der Waals surface area contributed by atoms with Gasteiger partial charge in [-0.3, -0.25) is 4.79 Å². The summed E-state index contributed by atoms with van der Waals surface area (Å²) in [5, 5.41) is 8.78. The molecular formula is C16H19NO3. The van der Waals surface area contributed by atoms with Crippen molar-refractivity contribution in [3.05, 3.63) is 29.3 Å². The Hall–Kier alpha value is -1.99. The van der Waals surface area contributed by atoms with E-state index in [9.17, 15) is 4.79 Å². The number of hydrogen-bond donors (Lipinski definition) is 1. The Kier molecular flexibility index (Phi) is 4.65. The Balaban J connectivity index is 2.26. The molecule has 4 heteroatoms. The summed E-state index contributed by atoms with van der Waals surface area (Å²) >= 11 is 0. The molecular weight excluding hydrogens is 254 g/mol. The van der Waals surface area contributed by atoms with Crippen LogP contribution in [0.3, 0.4) is 0 Å². The first-order chi connectivity index (χ1) is 9.65. The van der Waals surface area contributed by atoms with Crippen molar-refractivity contribution in [2.75, 3.05) is 26.8 Å². The van der Waals surface area contributed by atoms with Crippen molar-refractivity contribution in [2.24, 2.45) is 5.92 Å². The Morgan fingerprint density at radius 1 is 1.55 bits per heavy atom. The van der Waals surface area contributed by atoms with Gasteiger partial charge < -0.3 is 14.7 Å². The Morgan fingerprint density at radius 2 is 2.35 bits per heavy atom. The quantitative estimate of drug-likeness (QED) is 0.831. The van der Waals surface area contributed by atoms with Gasteiger partial charge in [0.25, 0.3) is 5.91 Å². The zero-order chi connectivity index (χ0) is 14.5. The summed E-state index contributed by atoms with van der Waals surface area (Å²) in [6.45, 7) is 3.55. The van der Waals surface area contributed by atoms with Crippen molar-refractivity contribution >= 4 is 5.91 Å². The Bertz CT molecular complexity index is 557. The molecule has 0 aliphatic carbocycles. The second-order valence-corrected chi connectivity index (χ2v) is 5.02. The number of likely N-dealkylation sites (tertiary alicyclic amines) is 1. The summed E-state index contributed by atoms with van der Waals surface area (Å²) in [6.07, 6.45) is 1.05. The van der Waals surface area contributed by atoms with Crippen molar-refractivity contribution < 1.29 is 14.6 Å². The molecule has 1 aromatic carbocycles. The van der Waals surface area contributed by atoms with Crippen LogP contribution in [-0.2, 0) is 0 Å². The lowest BCUT2D eigenvalue weighted by Crippen LogP contribution is -2.28. The molecule has 1 amide bonds. The monoisotopic (exact) mass is 273 g/mol. The van der Waals surface area contributed by atoms with Crippen LogP contribution in [-0.4, -0.2) is 42.7 Å². The molecule has 106 valence electrons. The molecule has 0 spiro atoms. The van der Waals surface area contributed by atoms with E-state index in [1.54, 1.807) is 25.3 Å². The topological polar surface area (TPSA) is 49.8 Å². The zero-order valence-corrected chi connectivity index (χ0v) is 11.8. The van der Waals surface area contributed by atoms with Gasteiger partial charge in [-0.2, -0.15) is 0 Å². The molecule has 2 rings (SSSR count). The summed E-state index contributed by atoms with van der Waals surface area (Å²) in [6, 6.07) is 5.23. The van der Waals surface area contributed by atoms with Crippen LogP contribution < -0.4 is 4.74 Å². The SMILES string of the molecule is COc1ccc(C(=O)N2CCC(C)C2)cc1C#CCO. The molecule has 0 aromatic heterocycles. The molecule has 1 fully saturated rings. The molecule has 0 saturated carbocycles. The molecule has 1 unspecified atom stereocenters. The van der Waals surface area contributed by atoms with Crippen LogP contribution >= 0.6 is 0 Å². The number of amides is 1. The van der Waals surface area contributed by atoms with Crippen LogP contribution in [0.4, 0.5) is 0 Å². The third-order valence-electron chi connectivity index (χ3n) is 3.46. The van der Waals surface area contributed by atoms with E-state index in [0.29, 0.717) is 22.8 Å². The van der Waals surface area contributed by atoms with Crippen LogP contribution in [0.25, 0.3) is 0 Å².